The topological polar surface area (TPSA) is 58.8 Å². The smallest absolute Gasteiger partial charge is 0.231 e. The molecule has 6 heteroatoms. The molecule has 0 spiro atoms. The van der Waals surface area contributed by atoms with Gasteiger partial charge in [-0.3, -0.25) is 14.6 Å². The standard InChI is InChI=1S/C16H24FN3O2/c1-12-3-4-15(17)13(7-12)8-20-5-6-22-14(10-20)9-19(2)11-16(18)21/h3-4,7,14H,5-6,8-11H2,1-2H3,(H2,18,21)/t14-/m1/s1. The molecule has 2 N–H and O–H groups in total. The molecule has 1 heterocycles. The number of benzene rings is 1. The first kappa shape index (κ1) is 16.9. The van der Waals surface area contributed by atoms with Crippen LogP contribution >= 0.6 is 0 Å². The molecule has 1 amide bonds. The van der Waals surface area contributed by atoms with E-state index in [2.05, 4.69) is 4.90 Å². The summed E-state index contributed by atoms with van der Waals surface area (Å²) in [4.78, 5) is 14.9. The van der Waals surface area contributed by atoms with E-state index in [4.69, 9.17) is 10.5 Å². The maximum Gasteiger partial charge on any atom is 0.231 e. The molecule has 1 aromatic carbocycles. The van der Waals surface area contributed by atoms with Crippen molar-refractivity contribution in [3.63, 3.8) is 0 Å². The molecular formula is C16H24FN3O2. The number of hydrogen-bond donors (Lipinski definition) is 1. The Bertz CT molecular complexity index is 524. The highest BCUT2D eigenvalue weighted by molar-refractivity contribution is 5.75. The van der Waals surface area contributed by atoms with Gasteiger partial charge in [-0.05, 0) is 20.0 Å². The fourth-order valence-electron chi connectivity index (χ4n) is 2.78. The summed E-state index contributed by atoms with van der Waals surface area (Å²) < 4.78 is 19.6. The van der Waals surface area contributed by atoms with Crippen LogP contribution in [0.1, 0.15) is 11.1 Å². The Hall–Kier alpha value is -1.50. The number of halogens is 1. The van der Waals surface area contributed by atoms with Gasteiger partial charge in [0.2, 0.25) is 5.91 Å². The first-order valence-electron chi connectivity index (χ1n) is 7.50. The van der Waals surface area contributed by atoms with Gasteiger partial charge in [-0.1, -0.05) is 17.7 Å². The molecule has 122 valence electrons. The van der Waals surface area contributed by atoms with Gasteiger partial charge >= 0.3 is 0 Å². The number of primary amides is 1. The van der Waals surface area contributed by atoms with Crippen molar-refractivity contribution in [2.75, 3.05) is 39.8 Å². The summed E-state index contributed by atoms with van der Waals surface area (Å²) in [6.07, 6.45) is 0.00553. The molecule has 1 aliphatic heterocycles. The minimum Gasteiger partial charge on any atom is -0.374 e. The van der Waals surface area contributed by atoms with E-state index in [0.717, 1.165) is 18.7 Å². The quantitative estimate of drug-likeness (QED) is 0.842. The lowest BCUT2D eigenvalue weighted by Crippen LogP contribution is -2.47. The van der Waals surface area contributed by atoms with E-state index >= 15 is 0 Å². The van der Waals surface area contributed by atoms with Gasteiger partial charge in [0.15, 0.2) is 0 Å². The van der Waals surface area contributed by atoms with Crippen molar-refractivity contribution in [1.82, 2.24) is 9.80 Å². The maximum atomic E-state index is 13.9. The second-order valence-electron chi connectivity index (χ2n) is 5.99. The molecule has 0 unspecified atom stereocenters. The number of likely N-dealkylation sites (N-methyl/N-ethyl adjacent to an activating group) is 1. The van der Waals surface area contributed by atoms with E-state index in [0.29, 0.717) is 25.3 Å². The highest BCUT2D eigenvalue weighted by Gasteiger charge is 2.22. The summed E-state index contributed by atoms with van der Waals surface area (Å²) in [5.74, 6) is -0.517. The van der Waals surface area contributed by atoms with E-state index in [1.807, 2.05) is 24.9 Å². The minimum absolute atomic E-state index is 0.00553. The number of amides is 1. The van der Waals surface area contributed by atoms with Crippen molar-refractivity contribution in [3.05, 3.63) is 35.1 Å². The van der Waals surface area contributed by atoms with Crippen molar-refractivity contribution in [2.24, 2.45) is 5.73 Å². The Morgan fingerprint density at radius 2 is 2.32 bits per heavy atom. The third-order valence-corrected chi connectivity index (χ3v) is 3.76. The Balaban J connectivity index is 1.90. The van der Waals surface area contributed by atoms with Crippen LogP contribution < -0.4 is 5.73 Å². The van der Waals surface area contributed by atoms with Crippen LogP contribution in [0.25, 0.3) is 0 Å². The second kappa shape index (κ2) is 7.67. The molecule has 1 fully saturated rings. The molecule has 0 saturated carbocycles. The molecular weight excluding hydrogens is 285 g/mol. The summed E-state index contributed by atoms with van der Waals surface area (Å²) in [5.41, 5.74) is 6.96. The summed E-state index contributed by atoms with van der Waals surface area (Å²) in [6.45, 7) is 5.50. The van der Waals surface area contributed by atoms with Gasteiger partial charge in [0, 0.05) is 31.7 Å². The molecule has 22 heavy (non-hydrogen) atoms. The monoisotopic (exact) mass is 309 g/mol. The Labute approximate surface area is 130 Å². The highest BCUT2D eigenvalue weighted by atomic mass is 19.1. The molecule has 1 atom stereocenters. The van der Waals surface area contributed by atoms with E-state index in [1.165, 1.54) is 6.07 Å². The molecule has 0 bridgehead atoms. The molecule has 5 nitrogen and oxygen atoms in total. The summed E-state index contributed by atoms with van der Waals surface area (Å²) in [6, 6.07) is 5.18. The van der Waals surface area contributed by atoms with Gasteiger partial charge in [-0.15, -0.1) is 0 Å². The van der Waals surface area contributed by atoms with Gasteiger partial charge in [0.05, 0.1) is 19.3 Å². The Morgan fingerprint density at radius 1 is 1.55 bits per heavy atom. The Morgan fingerprint density at radius 3 is 3.05 bits per heavy atom. The number of rotatable bonds is 6. The average Bonchev–Trinajstić information content (AvgIpc) is 2.42. The minimum atomic E-state index is -0.350. The number of hydrogen-bond acceptors (Lipinski definition) is 4. The van der Waals surface area contributed by atoms with Crippen LogP contribution in [0.4, 0.5) is 4.39 Å². The van der Waals surface area contributed by atoms with Gasteiger partial charge in [0.25, 0.3) is 0 Å². The largest absolute Gasteiger partial charge is 0.374 e. The molecule has 0 radical (unpaired) electrons. The second-order valence-corrected chi connectivity index (χ2v) is 5.99. The SMILES string of the molecule is Cc1ccc(F)c(CN2CCO[C@H](CN(C)CC(N)=O)C2)c1. The fourth-order valence-corrected chi connectivity index (χ4v) is 2.78. The first-order chi connectivity index (χ1) is 10.4. The molecule has 1 saturated heterocycles. The lowest BCUT2D eigenvalue weighted by atomic mass is 10.1. The zero-order valence-electron chi connectivity index (χ0n) is 13.2. The molecule has 1 aromatic rings. The molecule has 2 rings (SSSR count). The lowest BCUT2D eigenvalue weighted by Gasteiger charge is -2.34. The zero-order valence-corrected chi connectivity index (χ0v) is 13.2. The third kappa shape index (κ3) is 5.05. The third-order valence-electron chi connectivity index (χ3n) is 3.76. The van der Waals surface area contributed by atoms with Crippen LogP contribution in [0, 0.1) is 12.7 Å². The van der Waals surface area contributed by atoms with E-state index < -0.39 is 0 Å². The summed E-state index contributed by atoms with van der Waals surface area (Å²) in [5, 5.41) is 0. The number of nitrogens with two attached hydrogens (primary N) is 1. The van der Waals surface area contributed by atoms with Crippen LogP contribution in [0.3, 0.4) is 0 Å². The van der Waals surface area contributed by atoms with Crippen molar-refractivity contribution in [1.29, 1.82) is 0 Å². The van der Waals surface area contributed by atoms with E-state index in [9.17, 15) is 9.18 Å². The van der Waals surface area contributed by atoms with E-state index in [-0.39, 0.29) is 24.4 Å². The van der Waals surface area contributed by atoms with Crippen molar-refractivity contribution < 1.29 is 13.9 Å². The van der Waals surface area contributed by atoms with Crippen LogP contribution in [-0.4, -0.2) is 61.6 Å². The normalized spacial score (nSPS) is 19.5. The number of morpholine rings is 1. The van der Waals surface area contributed by atoms with Crippen LogP contribution in [0.5, 0.6) is 0 Å². The number of aryl methyl sites for hydroxylation is 1. The zero-order chi connectivity index (χ0) is 16.1. The lowest BCUT2D eigenvalue weighted by molar-refractivity contribution is -0.119. The predicted molar refractivity (Wildman–Crippen MR) is 82.8 cm³/mol. The molecule has 1 aliphatic rings. The Kier molecular flexibility index (Phi) is 5.88. The fraction of sp³-hybridized carbons (Fsp3) is 0.562. The van der Waals surface area contributed by atoms with Gasteiger partial charge < -0.3 is 10.5 Å². The number of nitrogens with zero attached hydrogens (tertiary/aromatic N) is 2. The van der Waals surface area contributed by atoms with Crippen LogP contribution in [-0.2, 0) is 16.1 Å². The summed E-state index contributed by atoms with van der Waals surface area (Å²) in [7, 11) is 1.84. The number of carbonyl (C=O) groups is 1. The van der Waals surface area contributed by atoms with E-state index in [1.54, 1.807) is 6.07 Å². The van der Waals surface area contributed by atoms with Gasteiger partial charge in [-0.2, -0.15) is 0 Å². The van der Waals surface area contributed by atoms with Crippen LogP contribution in [0.2, 0.25) is 0 Å². The van der Waals surface area contributed by atoms with Gasteiger partial charge in [-0.25, -0.2) is 4.39 Å². The summed E-state index contributed by atoms with van der Waals surface area (Å²) >= 11 is 0. The van der Waals surface area contributed by atoms with Crippen LogP contribution in [0.15, 0.2) is 18.2 Å². The highest BCUT2D eigenvalue weighted by Crippen LogP contribution is 2.15. The maximum absolute atomic E-state index is 13.9. The number of ether oxygens (including phenoxy) is 1. The van der Waals surface area contributed by atoms with Gasteiger partial charge in [0.1, 0.15) is 5.82 Å². The predicted octanol–water partition coefficient (Wildman–Crippen LogP) is 0.752. The van der Waals surface area contributed by atoms with Crippen molar-refractivity contribution >= 4 is 5.91 Å². The van der Waals surface area contributed by atoms with Crippen molar-refractivity contribution in [2.45, 2.75) is 19.6 Å². The van der Waals surface area contributed by atoms with Crippen molar-refractivity contribution in [3.8, 4) is 0 Å². The molecule has 0 aliphatic carbocycles. The number of carbonyl (C=O) groups excluding carboxylic acids is 1. The molecule has 0 aromatic heterocycles. The first-order valence-corrected chi connectivity index (χ1v) is 7.50. The average molecular weight is 309 g/mol.